The molecule has 0 heterocycles. The third-order valence-electron chi connectivity index (χ3n) is 2.89. The summed E-state index contributed by atoms with van der Waals surface area (Å²) in [6, 6.07) is 0.449. The van der Waals surface area contributed by atoms with E-state index in [1.807, 2.05) is 0 Å². The van der Waals surface area contributed by atoms with Crippen LogP contribution >= 0.6 is 0 Å². The number of rotatable bonds is 11. The quantitative estimate of drug-likeness (QED) is 0.585. The highest BCUT2D eigenvalue weighted by atomic mass is 16.3. The molecule has 0 aromatic rings. The van der Waals surface area contributed by atoms with Gasteiger partial charge in [0, 0.05) is 19.1 Å². The average molecular weight is 244 g/mol. The maximum Gasteiger partial charge on any atom is 0.0791 e. The molecule has 104 valence electrons. The van der Waals surface area contributed by atoms with Crippen LogP contribution in [0.4, 0.5) is 0 Å². The van der Waals surface area contributed by atoms with Gasteiger partial charge in [-0.05, 0) is 25.9 Å². The smallest absolute Gasteiger partial charge is 0.0791 e. The molecule has 0 fully saturated rings. The van der Waals surface area contributed by atoms with Crippen molar-refractivity contribution in [1.29, 1.82) is 0 Å². The van der Waals surface area contributed by atoms with Crippen molar-refractivity contribution >= 4 is 0 Å². The van der Waals surface area contributed by atoms with Crippen LogP contribution in [-0.4, -0.2) is 48.3 Å². The van der Waals surface area contributed by atoms with E-state index in [4.69, 9.17) is 0 Å². The van der Waals surface area contributed by atoms with Crippen molar-refractivity contribution in [1.82, 2.24) is 10.2 Å². The van der Waals surface area contributed by atoms with Gasteiger partial charge in [-0.2, -0.15) is 0 Å². The Hall–Kier alpha value is -0.120. The molecule has 1 atom stereocenters. The first-order valence-corrected chi connectivity index (χ1v) is 7.23. The summed E-state index contributed by atoms with van der Waals surface area (Å²) < 4.78 is 0. The van der Waals surface area contributed by atoms with Crippen LogP contribution in [0.3, 0.4) is 0 Å². The van der Waals surface area contributed by atoms with Crippen LogP contribution in [0, 0.1) is 0 Å². The van der Waals surface area contributed by atoms with E-state index >= 15 is 0 Å². The fourth-order valence-electron chi connectivity index (χ4n) is 1.79. The van der Waals surface area contributed by atoms with Gasteiger partial charge in [-0.15, -0.1) is 0 Å². The summed E-state index contributed by atoms with van der Waals surface area (Å²) in [5, 5.41) is 13.2. The summed E-state index contributed by atoms with van der Waals surface area (Å²) in [5.74, 6) is 0. The van der Waals surface area contributed by atoms with Gasteiger partial charge in [0.05, 0.1) is 6.10 Å². The Bertz CT molecular complexity index is 154. The lowest BCUT2D eigenvalue weighted by Crippen LogP contribution is -2.40. The maximum atomic E-state index is 9.96. The molecule has 2 N–H and O–H groups in total. The Morgan fingerprint density at radius 3 is 2.00 bits per heavy atom. The van der Waals surface area contributed by atoms with E-state index in [0.717, 1.165) is 19.6 Å². The van der Waals surface area contributed by atoms with E-state index in [2.05, 4.69) is 37.9 Å². The predicted molar refractivity (Wildman–Crippen MR) is 75.4 cm³/mol. The number of hydrogen-bond acceptors (Lipinski definition) is 3. The van der Waals surface area contributed by atoms with Crippen LogP contribution in [0.2, 0.25) is 0 Å². The monoisotopic (exact) mass is 244 g/mol. The molecule has 0 saturated heterocycles. The summed E-state index contributed by atoms with van der Waals surface area (Å²) >= 11 is 0. The molecule has 1 unspecified atom stereocenters. The van der Waals surface area contributed by atoms with E-state index in [-0.39, 0.29) is 6.10 Å². The summed E-state index contributed by atoms with van der Waals surface area (Å²) in [6.45, 7) is 12.4. The Kier molecular flexibility index (Phi) is 10.9. The van der Waals surface area contributed by atoms with E-state index in [9.17, 15) is 5.11 Å². The molecule has 0 aromatic carbocycles. The SMILES string of the molecule is CCCCN(CCCC)CC(O)CNC(C)C. The number of nitrogens with zero attached hydrogens (tertiary/aromatic N) is 1. The summed E-state index contributed by atoms with van der Waals surface area (Å²) in [7, 11) is 0. The number of nitrogens with one attached hydrogen (secondary N) is 1. The first-order valence-electron chi connectivity index (χ1n) is 7.23. The van der Waals surface area contributed by atoms with E-state index < -0.39 is 0 Å². The third kappa shape index (κ3) is 10.7. The number of unbranched alkanes of at least 4 members (excludes halogenated alkanes) is 2. The van der Waals surface area contributed by atoms with Gasteiger partial charge >= 0.3 is 0 Å². The third-order valence-corrected chi connectivity index (χ3v) is 2.89. The molecule has 3 nitrogen and oxygen atoms in total. The van der Waals surface area contributed by atoms with E-state index in [1.54, 1.807) is 0 Å². The zero-order chi connectivity index (χ0) is 13.1. The highest BCUT2D eigenvalue weighted by Gasteiger charge is 2.11. The second-order valence-corrected chi connectivity index (χ2v) is 5.22. The highest BCUT2D eigenvalue weighted by Crippen LogP contribution is 2.01. The summed E-state index contributed by atoms with van der Waals surface area (Å²) in [5.41, 5.74) is 0. The Labute approximate surface area is 108 Å². The molecule has 0 radical (unpaired) electrons. The van der Waals surface area contributed by atoms with Gasteiger partial charge in [0.25, 0.3) is 0 Å². The molecule has 0 rings (SSSR count). The molecule has 0 amide bonds. The maximum absolute atomic E-state index is 9.96. The van der Waals surface area contributed by atoms with Crippen LogP contribution in [0.5, 0.6) is 0 Å². The molecule has 0 aliphatic rings. The van der Waals surface area contributed by atoms with Gasteiger partial charge in [-0.3, -0.25) is 0 Å². The van der Waals surface area contributed by atoms with E-state index in [1.165, 1.54) is 25.7 Å². The molecule has 17 heavy (non-hydrogen) atoms. The van der Waals surface area contributed by atoms with Crippen LogP contribution in [0.1, 0.15) is 53.4 Å². The first-order chi connectivity index (χ1) is 8.10. The van der Waals surface area contributed by atoms with Crippen LogP contribution in [0.25, 0.3) is 0 Å². The minimum atomic E-state index is -0.244. The lowest BCUT2D eigenvalue weighted by atomic mass is 10.2. The van der Waals surface area contributed by atoms with Gasteiger partial charge in [0.2, 0.25) is 0 Å². The number of aliphatic hydroxyl groups is 1. The normalized spacial score (nSPS) is 13.6. The molecule has 0 bridgehead atoms. The van der Waals surface area contributed by atoms with Crippen molar-refractivity contribution < 1.29 is 5.11 Å². The molecule has 0 spiro atoms. The Balaban J connectivity index is 3.84. The van der Waals surface area contributed by atoms with Gasteiger partial charge in [-0.1, -0.05) is 40.5 Å². The second-order valence-electron chi connectivity index (χ2n) is 5.22. The standard InChI is InChI=1S/C14H32N2O/c1-5-7-9-16(10-8-6-2)12-14(17)11-15-13(3)4/h13-15,17H,5-12H2,1-4H3. The lowest BCUT2D eigenvalue weighted by molar-refractivity contribution is 0.107. The molecule has 0 aromatic heterocycles. The molecule has 0 saturated carbocycles. The minimum Gasteiger partial charge on any atom is -0.390 e. The van der Waals surface area contributed by atoms with Crippen molar-refractivity contribution in [3.63, 3.8) is 0 Å². The van der Waals surface area contributed by atoms with Crippen molar-refractivity contribution in [2.24, 2.45) is 0 Å². The molecule has 3 heteroatoms. The van der Waals surface area contributed by atoms with Crippen LogP contribution in [0.15, 0.2) is 0 Å². The van der Waals surface area contributed by atoms with Gasteiger partial charge in [-0.25, -0.2) is 0 Å². The first kappa shape index (κ1) is 16.9. The van der Waals surface area contributed by atoms with Crippen molar-refractivity contribution in [3.8, 4) is 0 Å². The van der Waals surface area contributed by atoms with E-state index in [0.29, 0.717) is 12.6 Å². The largest absolute Gasteiger partial charge is 0.390 e. The zero-order valence-corrected chi connectivity index (χ0v) is 12.2. The Morgan fingerprint density at radius 2 is 1.59 bits per heavy atom. The molecular formula is C14H32N2O. The molecule has 0 aliphatic carbocycles. The van der Waals surface area contributed by atoms with Crippen LogP contribution in [-0.2, 0) is 0 Å². The van der Waals surface area contributed by atoms with Crippen molar-refractivity contribution in [3.05, 3.63) is 0 Å². The Morgan fingerprint density at radius 1 is 1.06 bits per heavy atom. The highest BCUT2D eigenvalue weighted by molar-refractivity contribution is 4.68. The predicted octanol–water partition coefficient (Wildman–Crippen LogP) is 2.25. The van der Waals surface area contributed by atoms with Crippen LogP contribution < -0.4 is 5.32 Å². The van der Waals surface area contributed by atoms with Crippen molar-refractivity contribution in [2.75, 3.05) is 26.2 Å². The molecular weight excluding hydrogens is 212 g/mol. The van der Waals surface area contributed by atoms with Gasteiger partial charge in [0.15, 0.2) is 0 Å². The topological polar surface area (TPSA) is 35.5 Å². The lowest BCUT2D eigenvalue weighted by Gasteiger charge is -2.25. The molecule has 0 aliphatic heterocycles. The fourth-order valence-corrected chi connectivity index (χ4v) is 1.79. The van der Waals surface area contributed by atoms with Gasteiger partial charge < -0.3 is 15.3 Å². The minimum absolute atomic E-state index is 0.244. The summed E-state index contributed by atoms with van der Waals surface area (Å²) in [6.07, 6.45) is 4.67. The van der Waals surface area contributed by atoms with Gasteiger partial charge in [0.1, 0.15) is 0 Å². The number of aliphatic hydroxyl groups excluding tert-OH is 1. The second kappa shape index (κ2) is 11.0. The summed E-state index contributed by atoms with van der Waals surface area (Å²) in [4.78, 5) is 2.40. The van der Waals surface area contributed by atoms with Crippen molar-refractivity contribution in [2.45, 2.75) is 65.5 Å². The fraction of sp³-hybridized carbons (Fsp3) is 1.00. The average Bonchev–Trinajstić information content (AvgIpc) is 2.30. The number of hydrogen-bond donors (Lipinski definition) is 2. The zero-order valence-electron chi connectivity index (χ0n) is 12.2.